The number of carbonyl (C=O) groups is 5. The Labute approximate surface area is 342 Å². The predicted molar refractivity (Wildman–Crippen MR) is 223 cm³/mol. The lowest BCUT2D eigenvalue weighted by atomic mass is 9.83. The quantitative estimate of drug-likeness (QED) is 0.182. The van der Waals surface area contributed by atoms with E-state index in [0.29, 0.717) is 18.5 Å². The highest BCUT2D eigenvalue weighted by molar-refractivity contribution is 5.96. The molecule has 12 nitrogen and oxygen atoms in total. The van der Waals surface area contributed by atoms with Gasteiger partial charge in [-0.05, 0) is 110 Å². The highest BCUT2D eigenvalue weighted by Gasteiger charge is 2.43. The molecule has 2 heterocycles. The summed E-state index contributed by atoms with van der Waals surface area (Å²) in [5.74, 6) is -1.25. The molecule has 7 rings (SSSR count). The van der Waals surface area contributed by atoms with Crippen molar-refractivity contribution in [3.63, 3.8) is 0 Å². The highest BCUT2D eigenvalue weighted by Crippen LogP contribution is 2.33. The van der Waals surface area contributed by atoms with Crippen molar-refractivity contribution < 1.29 is 24.0 Å². The zero-order valence-corrected chi connectivity index (χ0v) is 34.5. The molecule has 308 valence electrons. The number of aryl methyl sites for hydroxylation is 2. The average Bonchev–Trinajstić information content (AvgIpc) is 3.70. The van der Waals surface area contributed by atoms with Crippen LogP contribution in [0.25, 0.3) is 0 Å². The molecule has 4 aliphatic rings. The molecule has 0 spiro atoms. The largest absolute Gasteiger partial charge is 0.348 e. The molecule has 12 heteroatoms. The van der Waals surface area contributed by atoms with Gasteiger partial charge >= 0.3 is 0 Å². The van der Waals surface area contributed by atoms with Crippen LogP contribution in [0.4, 0.5) is 0 Å². The summed E-state index contributed by atoms with van der Waals surface area (Å²) in [6.07, 6.45) is 6.39. The van der Waals surface area contributed by atoms with Crippen LogP contribution in [-0.2, 0) is 45.0 Å². The van der Waals surface area contributed by atoms with E-state index in [0.717, 1.165) is 55.2 Å². The summed E-state index contributed by atoms with van der Waals surface area (Å²) in [6.45, 7) is 7.98. The summed E-state index contributed by atoms with van der Waals surface area (Å²) in [6, 6.07) is 18.8. The van der Waals surface area contributed by atoms with Crippen molar-refractivity contribution in [1.82, 2.24) is 36.8 Å². The lowest BCUT2D eigenvalue weighted by molar-refractivity contribution is -0.147. The fraction of sp³-hybridized carbons (Fsp3) is 0.500. The Morgan fingerprint density at radius 1 is 0.776 bits per heavy atom. The lowest BCUT2D eigenvalue weighted by Crippen LogP contribution is -2.62. The van der Waals surface area contributed by atoms with E-state index in [1.807, 2.05) is 51.1 Å². The van der Waals surface area contributed by atoms with Gasteiger partial charge in [-0.15, -0.1) is 0 Å². The number of likely N-dealkylation sites (N-methyl/N-ethyl adjacent to an activating group) is 1. The minimum atomic E-state index is -0.914. The standard InChI is InChI=1S/C46H59N7O5/c1-27(47-5)41(54)52-40(46(2,3)4)45(58)53-26-32-22-31(21-20-30(32)23-39(53)44(57)51-37-19-11-15-29-13-7-9-17-35(29)37)42(55)49-33-24-38(48-25-33)43(56)50-36-18-10-14-28-12-6-8-16-34(28)36/h6-9,12-13,16-17,20-22,27,33,36-40,47-48H,10-11,14-15,18-19,23-26H2,1-5H3,(H,49,55)(H,50,56)(H,51,57)(H,52,54). The molecule has 58 heavy (non-hydrogen) atoms. The Hall–Kier alpha value is -5.07. The minimum Gasteiger partial charge on any atom is -0.348 e. The molecule has 5 amide bonds. The van der Waals surface area contributed by atoms with Crippen molar-refractivity contribution in [2.75, 3.05) is 13.6 Å². The van der Waals surface area contributed by atoms with E-state index in [-0.39, 0.29) is 60.6 Å². The van der Waals surface area contributed by atoms with Crippen molar-refractivity contribution in [1.29, 1.82) is 0 Å². The molecular formula is C46H59N7O5. The Morgan fingerprint density at radius 3 is 2.02 bits per heavy atom. The van der Waals surface area contributed by atoms with Crippen molar-refractivity contribution in [2.24, 2.45) is 5.41 Å². The molecule has 2 aliphatic heterocycles. The van der Waals surface area contributed by atoms with Gasteiger partial charge in [0.15, 0.2) is 0 Å². The van der Waals surface area contributed by atoms with Crippen molar-refractivity contribution >= 4 is 29.5 Å². The zero-order chi connectivity index (χ0) is 41.1. The molecule has 6 N–H and O–H groups in total. The normalized spacial score (nSPS) is 23.6. The van der Waals surface area contributed by atoms with Gasteiger partial charge in [0.05, 0.1) is 24.2 Å². The van der Waals surface area contributed by atoms with Crippen LogP contribution >= 0.6 is 0 Å². The number of benzene rings is 3. The van der Waals surface area contributed by atoms with Gasteiger partial charge < -0.3 is 36.8 Å². The van der Waals surface area contributed by atoms with Crippen molar-refractivity contribution in [3.8, 4) is 0 Å². The first-order valence-corrected chi connectivity index (χ1v) is 21.0. The summed E-state index contributed by atoms with van der Waals surface area (Å²) in [4.78, 5) is 70.9. The van der Waals surface area contributed by atoms with Gasteiger partial charge in [0, 0.05) is 31.1 Å². The van der Waals surface area contributed by atoms with E-state index in [1.54, 1.807) is 31.0 Å². The maximum Gasteiger partial charge on any atom is 0.251 e. The minimum absolute atomic E-state index is 0.0173. The molecule has 0 aromatic heterocycles. The van der Waals surface area contributed by atoms with Gasteiger partial charge in [0.1, 0.15) is 12.1 Å². The van der Waals surface area contributed by atoms with Crippen molar-refractivity contribution in [3.05, 3.63) is 106 Å². The second-order valence-corrected chi connectivity index (χ2v) is 17.7. The van der Waals surface area contributed by atoms with Crippen LogP contribution in [0, 0.1) is 5.41 Å². The highest BCUT2D eigenvalue weighted by atomic mass is 16.2. The fourth-order valence-corrected chi connectivity index (χ4v) is 9.07. The molecule has 7 unspecified atom stereocenters. The van der Waals surface area contributed by atoms with Gasteiger partial charge in [0.25, 0.3) is 5.91 Å². The maximum atomic E-state index is 14.7. The lowest BCUT2D eigenvalue weighted by Gasteiger charge is -2.42. The molecule has 0 bridgehead atoms. The molecule has 1 fully saturated rings. The molecular weight excluding hydrogens is 731 g/mol. The summed E-state index contributed by atoms with van der Waals surface area (Å²) >= 11 is 0. The van der Waals surface area contributed by atoms with Crippen LogP contribution in [0.15, 0.2) is 66.7 Å². The van der Waals surface area contributed by atoms with Crippen LogP contribution in [0.2, 0.25) is 0 Å². The Bertz CT molecular complexity index is 2040. The number of hydrogen-bond donors (Lipinski definition) is 6. The average molecular weight is 790 g/mol. The first-order chi connectivity index (χ1) is 27.8. The van der Waals surface area contributed by atoms with E-state index >= 15 is 0 Å². The Kier molecular flexibility index (Phi) is 12.3. The molecule has 0 radical (unpaired) electrons. The van der Waals surface area contributed by atoms with E-state index < -0.39 is 29.6 Å². The van der Waals surface area contributed by atoms with Gasteiger partial charge in [-0.1, -0.05) is 75.4 Å². The number of nitrogens with zero attached hydrogens (tertiary/aromatic N) is 1. The van der Waals surface area contributed by atoms with Crippen molar-refractivity contribution in [2.45, 2.75) is 128 Å². The van der Waals surface area contributed by atoms with E-state index in [4.69, 9.17) is 0 Å². The summed E-state index contributed by atoms with van der Waals surface area (Å²) in [5.41, 5.74) is 6.20. The summed E-state index contributed by atoms with van der Waals surface area (Å²) in [5, 5.41) is 18.9. The van der Waals surface area contributed by atoms with Crippen LogP contribution in [0.3, 0.4) is 0 Å². The second-order valence-electron chi connectivity index (χ2n) is 17.7. The number of amides is 5. The first kappa shape index (κ1) is 41.1. The third-order valence-corrected chi connectivity index (χ3v) is 12.6. The molecule has 0 saturated carbocycles. The molecule has 7 atom stereocenters. The van der Waals surface area contributed by atoms with E-state index in [2.05, 4.69) is 56.2 Å². The molecule has 1 saturated heterocycles. The number of hydrogen-bond acceptors (Lipinski definition) is 7. The smallest absolute Gasteiger partial charge is 0.251 e. The monoisotopic (exact) mass is 789 g/mol. The van der Waals surface area contributed by atoms with Crippen LogP contribution < -0.4 is 31.9 Å². The Balaban J connectivity index is 1.07. The molecule has 3 aromatic carbocycles. The topological polar surface area (TPSA) is 161 Å². The van der Waals surface area contributed by atoms with Gasteiger partial charge in [-0.25, -0.2) is 0 Å². The number of nitrogens with one attached hydrogen (secondary N) is 6. The fourth-order valence-electron chi connectivity index (χ4n) is 9.07. The molecule has 3 aromatic rings. The second kappa shape index (κ2) is 17.4. The summed E-state index contributed by atoms with van der Waals surface area (Å²) < 4.78 is 0. The first-order valence-electron chi connectivity index (χ1n) is 21.0. The number of fused-ring (bicyclic) bond motifs is 3. The summed E-state index contributed by atoms with van der Waals surface area (Å²) in [7, 11) is 1.69. The predicted octanol–water partition coefficient (Wildman–Crippen LogP) is 3.93. The van der Waals surface area contributed by atoms with Crippen LogP contribution in [0.5, 0.6) is 0 Å². The van der Waals surface area contributed by atoms with Crippen LogP contribution in [0.1, 0.15) is 116 Å². The number of rotatable bonds is 10. The number of carbonyl (C=O) groups excluding carboxylic acids is 5. The van der Waals surface area contributed by atoms with Gasteiger partial charge in [-0.2, -0.15) is 0 Å². The SMILES string of the molecule is CNC(C)C(=O)NC(C(=O)N1Cc2cc(C(=O)NC3CNC(C(=O)NC4CCCc5ccccc54)C3)ccc2CC1C(=O)NC1CCCc2ccccc21)C(C)(C)C. The van der Waals surface area contributed by atoms with E-state index in [9.17, 15) is 24.0 Å². The molecule has 2 aliphatic carbocycles. The Morgan fingerprint density at radius 2 is 1.40 bits per heavy atom. The third kappa shape index (κ3) is 8.98. The van der Waals surface area contributed by atoms with Crippen LogP contribution in [-0.4, -0.2) is 78.2 Å². The van der Waals surface area contributed by atoms with Gasteiger partial charge in [-0.3, -0.25) is 24.0 Å². The maximum absolute atomic E-state index is 14.7. The van der Waals surface area contributed by atoms with Gasteiger partial charge in [0.2, 0.25) is 23.6 Å². The third-order valence-electron chi connectivity index (χ3n) is 12.6. The van der Waals surface area contributed by atoms with E-state index in [1.165, 1.54) is 16.7 Å². The zero-order valence-electron chi connectivity index (χ0n) is 34.5.